The molecule has 2 aromatic heterocycles. The maximum absolute atomic E-state index is 12.9. The molecule has 0 bridgehead atoms. The zero-order valence-corrected chi connectivity index (χ0v) is 15.6. The summed E-state index contributed by atoms with van der Waals surface area (Å²) in [6.07, 6.45) is 3.70. The first-order chi connectivity index (χ1) is 13.1. The third-order valence-corrected chi connectivity index (χ3v) is 5.56. The molecule has 3 aromatic rings. The summed E-state index contributed by atoms with van der Waals surface area (Å²) in [5.74, 6) is -0.000181. The van der Waals surface area contributed by atoms with Gasteiger partial charge in [-0.05, 0) is 49.8 Å². The number of aromatic nitrogens is 3. The van der Waals surface area contributed by atoms with Crippen molar-refractivity contribution < 1.29 is 9.90 Å². The summed E-state index contributed by atoms with van der Waals surface area (Å²) < 4.78 is 0. The Morgan fingerprint density at radius 3 is 2.85 bits per heavy atom. The molecule has 1 aliphatic rings. The van der Waals surface area contributed by atoms with Gasteiger partial charge in [-0.2, -0.15) is 5.10 Å². The van der Waals surface area contributed by atoms with Crippen molar-refractivity contribution in [3.05, 3.63) is 59.0 Å². The first kappa shape index (κ1) is 17.7. The number of amides is 1. The molecule has 0 radical (unpaired) electrons. The second-order valence-electron chi connectivity index (χ2n) is 7.33. The Morgan fingerprint density at radius 1 is 1.37 bits per heavy atom. The van der Waals surface area contributed by atoms with Crippen molar-refractivity contribution in [2.45, 2.75) is 45.3 Å². The van der Waals surface area contributed by atoms with E-state index in [1.54, 1.807) is 0 Å². The topological polar surface area (TPSA) is 90.9 Å². The molecule has 0 aliphatic heterocycles. The fourth-order valence-electron chi connectivity index (χ4n) is 3.84. The van der Waals surface area contributed by atoms with Gasteiger partial charge in [0.25, 0.3) is 5.91 Å². The average Bonchev–Trinajstić information content (AvgIpc) is 3.04. The van der Waals surface area contributed by atoms with Gasteiger partial charge in [-0.25, -0.2) is 0 Å². The van der Waals surface area contributed by atoms with Gasteiger partial charge >= 0.3 is 0 Å². The smallest absolute Gasteiger partial charge is 0.272 e. The summed E-state index contributed by atoms with van der Waals surface area (Å²) in [4.78, 5) is 17.4. The van der Waals surface area contributed by atoms with E-state index in [-0.39, 0.29) is 24.0 Å². The number of hydrogen-bond donors (Lipinski definition) is 3. The van der Waals surface area contributed by atoms with E-state index in [4.69, 9.17) is 0 Å². The van der Waals surface area contributed by atoms with Gasteiger partial charge in [0.15, 0.2) is 5.69 Å². The highest BCUT2D eigenvalue weighted by molar-refractivity contribution is 5.94. The number of nitrogens with zero attached hydrogens (tertiary/aromatic N) is 2. The van der Waals surface area contributed by atoms with E-state index in [2.05, 4.69) is 26.6 Å². The van der Waals surface area contributed by atoms with Gasteiger partial charge in [-0.3, -0.25) is 14.9 Å². The number of aromatic amines is 1. The number of aliphatic hydroxyl groups is 1. The normalized spacial score (nSPS) is 20.3. The summed E-state index contributed by atoms with van der Waals surface area (Å²) in [5.41, 5.74) is 4.19. The van der Waals surface area contributed by atoms with E-state index in [0.717, 1.165) is 34.1 Å². The number of carbonyl (C=O) groups excluding carboxylic acids is 1. The first-order valence-corrected chi connectivity index (χ1v) is 9.44. The number of aliphatic hydroxyl groups excluding tert-OH is 1. The number of para-hydroxylation sites is 1. The molecule has 1 fully saturated rings. The fraction of sp³-hybridized carbons (Fsp3) is 0.381. The summed E-state index contributed by atoms with van der Waals surface area (Å²) in [7, 11) is 0. The van der Waals surface area contributed by atoms with Gasteiger partial charge in [-0.1, -0.05) is 25.1 Å². The maximum atomic E-state index is 12.9. The van der Waals surface area contributed by atoms with Crippen LogP contribution in [0.5, 0.6) is 0 Å². The number of aryl methyl sites for hydroxylation is 1. The Morgan fingerprint density at radius 2 is 2.15 bits per heavy atom. The van der Waals surface area contributed by atoms with E-state index >= 15 is 0 Å². The molecule has 3 N–H and O–H groups in total. The van der Waals surface area contributed by atoms with Crippen LogP contribution in [0.1, 0.15) is 53.1 Å². The lowest BCUT2D eigenvalue weighted by Crippen LogP contribution is -2.41. The predicted octanol–water partition coefficient (Wildman–Crippen LogP) is 3.07. The highest BCUT2D eigenvalue weighted by Crippen LogP contribution is 2.38. The van der Waals surface area contributed by atoms with Gasteiger partial charge in [0, 0.05) is 22.8 Å². The molecule has 0 unspecified atom stereocenters. The molecule has 2 heterocycles. The van der Waals surface area contributed by atoms with Crippen molar-refractivity contribution >= 4 is 16.8 Å². The number of rotatable bonds is 5. The molecule has 1 atom stereocenters. The minimum atomic E-state index is -0.290. The Bertz CT molecular complexity index is 975. The monoisotopic (exact) mass is 364 g/mol. The lowest BCUT2D eigenvalue weighted by molar-refractivity contribution is 0.0234. The van der Waals surface area contributed by atoms with Gasteiger partial charge in [0.2, 0.25) is 0 Å². The van der Waals surface area contributed by atoms with Crippen LogP contribution in [0.2, 0.25) is 0 Å². The number of nitrogens with one attached hydrogen (secondary N) is 2. The van der Waals surface area contributed by atoms with E-state index in [9.17, 15) is 9.90 Å². The van der Waals surface area contributed by atoms with Crippen LogP contribution in [0.4, 0.5) is 0 Å². The SMILES string of the molecule is CCc1[nH]nc(C(=O)N[C@H](c2cnc3ccccc3c2)C2CC(O)C2)c1C. The molecule has 1 aromatic carbocycles. The van der Waals surface area contributed by atoms with Crippen LogP contribution < -0.4 is 5.32 Å². The third-order valence-electron chi connectivity index (χ3n) is 5.56. The Labute approximate surface area is 158 Å². The van der Waals surface area contributed by atoms with Crippen LogP contribution >= 0.6 is 0 Å². The number of fused-ring (bicyclic) bond motifs is 1. The molecule has 6 heteroatoms. The van der Waals surface area contributed by atoms with E-state index in [1.807, 2.05) is 44.3 Å². The van der Waals surface area contributed by atoms with Crippen molar-refractivity contribution in [3.8, 4) is 0 Å². The zero-order valence-electron chi connectivity index (χ0n) is 15.6. The second-order valence-corrected chi connectivity index (χ2v) is 7.33. The van der Waals surface area contributed by atoms with Crippen LogP contribution in [0, 0.1) is 12.8 Å². The van der Waals surface area contributed by atoms with Gasteiger partial charge in [-0.15, -0.1) is 0 Å². The van der Waals surface area contributed by atoms with Crippen LogP contribution in [-0.4, -0.2) is 32.3 Å². The molecular weight excluding hydrogens is 340 g/mol. The summed E-state index contributed by atoms with van der Waals surface area (Å²) in [6.45, 7) is 3.94. The standard InChI is InChI=1S/C21H24N4O2/c1-3-17-12(2)19(25-24-17)21(27)23-20(14-9-16(26)10-14)15-8-13-6-4-5-7-18(13)22-11-15/h4-8,11,14,16,20,26H,3,9-10H2,1-2H3,(H,23,27)(H,24,25)/t14?,16?,20-/m0/s1. The number of carbonyl (C=O) groups is 1. The van der Waals surface area contributed by atoms with Crippen molar-refractivity contribution in [2.24, 2.45) is 5.92 Å². The summed E-state index contributed by atoms with van der Waals surface area (Å²) in [6, 6.07) is 9.81. The minimum Gasteiger partial charge on any atom is -0.393 e. The minimum absolute atomic E-state index is 0.191. The Balaban J connectivity index is 1.64. The largest absolute Gasteiger partial charge is 0.393 e. The molecule has 0 saturated heterocycles. The molecule has 1 amide bonds. The van der Waals surface area contributed by atoms with Crippen LogP contribution in [0.3, 0.4) is 0 Å². The Kier molecular flexibility index (Phi) is 4.66. The number of H-pyrrole nitrogens is 1. The molecular formula is C21H24N4O2. The number of hydrogen-bond acceptors (Lipinski definition) is 4. The lowest BCUT2D eigenvalue weighted by atomic mass is 9.75. The Hall–Kier alpha value is -2.73. The zero-order chi connectivity index (χ0) is 19.0. The molecule has 1 aliphatic carbocycles. The number of pyridine rings is 1. The van der Waals surface area contributed by atoms with E-state index in [0.29, 0.717) is 18.5 Å². The summed E-state index contributed by atoms with van der Waals surface area (Å²) in [5, 5.41) is 21.1. The van der Waals surface area contributed by atoms with Gasteiger partial charge in [0.05, 0.1) is 17.7 Å². The summed E-state index contributed by atoms with van der Waals surface area (Å²) >= 11 is 0. The first-order valence-electron chi connectivity index (χ1n) is 9.44. The van der Waals surface area contributed by atoms with Gasteiger partial charge < -0.3 is 10.4 Å². The lowest BCUT2D eigenvalue weighted by Gasteiger charge is -2.38. The molecule has 140 valence electrons. The molecule has 6 nitrogen and oxygen atoms in total. The van der Waals surface area contributed by atoms with Crippen molar-refractivity contribution in [2.75, 3.05) is 0 Å². The highest BCUT2D eigenvalue weighted by atomic mass is 16.3. The maximum Gasteiger partial charge on any atom is 0.272 e. The van der Waals surface area contributed by atoms with Crippen LogP contribution in [0.15, 0.2) is 36.5 Å². The van der Waals surface area contributed by atoms with E-state index in [1.165, 1.54) is 0 Å². The molecule has 0 spiro atoms. The second kappa shape index (κ2) is 7.12. The van der Waals surface area contributed by atoms with Gasteiger partial charge in [0.1, 0.15) is 0 Å². The highest BCUT2D eigenvalue weighted by Gasteiger charge is 2.36. The van der Waals surface area contributed by atoms with Crippen molar-refractivity contribution in [1.29, 1.82) is 0 Å². The molecule has 1 saturated carbocycles. The predicted molar refractivity (Wildman–Crippen MR) is 103 cm³/mol. The van der Waals surface area contributed by atoms with Crippen LogP contribution in [0.25, 0.3) is 10.9 Å². The number of benzene rings is 1. The van der Waals surface area contributed by atoms with E-state index < -0.39 is 0 Å². The third kappa shape index (κ3) is 3.32. The fourth-order valence-corrected chi connectivity index (χ4v) is 3.84. The quantitative estimate of drug-likeness (QED) is 0.649. The van der Waals surface area contributed by atoms with Crippen LogP contribution in [-0.2, 0) is 6.42 Å². The average molecular weight is 364 g/mol. The van der Waals surface area contributed by atoms with Crippen molar-refractivity contribution in [3.63, 3.8) is 0 Å². The molecule has 27 heavy (non-hydrogen) atoms. The van der Waals surface area contributed by atoms with Crippen molar-refractivity contribution in [1.82, 2.24) is 20.5 Å². The molecule has 4 rings (SSSR count).